The van der Waals surface area contributed by atoms with Gasteiger partial charge in [0.2, 0.25) is 0 Å². The molecule has 0 saturated carbocycles. The second kappa shape index (κ2) is 9.27. The number of hydrogen-bond acceptors (Lipinski definition) is 4. The molecule has 1 amide bonds. The lowest BCUT2D eigenvalue weighted by Crippen LogP contribution is -2.52. The van der Waals surface area contributed by atoms with Crippen LogP contribution in [0.3, 0.4) is 0 Å². The Morgan fingerprint density at radius 3 is 2.41 bits per heavy atom. The summed E-state index contributed by atoms with van der Waals surface area (Å²) in [5.74, 6) is -1.16. The van der Waals surface area contributed by atoms with E-state index in [9.17, 15) is 17.6 Å². The summed E-state index contributed by atoms with van der Waals surface area (Å²) in [6.07, 6.45) is 2.33. The van der Waals surface area contributed by atoms with E-state index in [1.807, 2.05) is 6.07 Å². The highest BCUT2D eigenvalue weighted by molar-refractivity contribution is 7.87. The molecule has 0 unspecified atom stereocenters. The fourth-order valence-electron chi connectivity index (χ4n) is 3.16. The molecule has 0 bridgehead atoms. The maximum Gasteiger partial charge on any atom is 0.280 e. The van der Waals surface area contributed by atoms with Gasteiger partial charge in [-0.25, -0.2) is 9.87 Å². The van der Waals surface area contributed by atoms with Crippen LogP contribution in [0.25, 0.3) is 5.57 Å². The first-order chi connectivity index (χ1) is 13.9. The van der Waals surface area contributed by atoms with Crippen LogP contribution in [-0.4, -0.2) is 43.0 Å². The third-order valence-corrected chi connectivity index (χ3v) is 6.32. The fraction of sp³-hybridized carbons (Fsp3) is 0.250. The highest BCUT2D eigenvalue weighted by atomic mass is 32.2. The van der Waals surface area contributed by atoms with Crippen molar-refractivity contribution in [3.8, 4) is 0 Å². The van der Waals surface area contributed by atoms with E-state index in [1.54, 1.807) is 42.5 Å². The van der Waals surface area contributed by atoms with Gasteiger partial charge in [-0.3, -0.25) is 10.0 Å². The van der Waals surface area contributed by atoms with E-state index in [0.29, 0.717) is 6.42 Å². The minimum atomic E-state index is -3.96. The molecule has 9 heteroatoms. The van der Waals surface area contributed by atoms with Crippen molar-refractivity contribution in [3.05, 3.63) is 77.6 Å². The zero-order chi connectivity index (χ0) is 20.9. The molecule has 0 aliphatic carbocycles. The van der Waals surface area contributed by atoms with Crippen LogP contribution < -0.4 is 10.2 Å². The van der Waals surface area contributed by atoms with Crippen LogP contribution in [0.1, 0.15) is 17.5 Å². The molecule has 1 atom stereocenters. The number of rotatable bonds is 7. The van der Waals surface area contributed by atoms with Gasteiger partial charge in [0.25, 0.3) is 16.1 Å². The molecule has 3 rings (SSSR count). The quantitative estimate of drug-likeness (QED) is 0.471. The lowest BCUT2D eigenvalue weighted by molar-refractivity contribution is -0.130. The maximum absolute atomic E-state index is 13.1. The van der Waals surface area contributed by atoms with Crippen LogP contribution >= 0.6 is 0 Å². The van der Waals surface area contributed by atoms with Gasteiger partial charge in [0.1, 0.15) is 11.9 Å². The van der Waals surface area contributed by atoms with Gasteiger partial charge in [-0.05, 0) is 41.7 Å². The van der Waals surface area contributed by atoms with Gasteiger partial charge in [-0.1, -0.05) is 48.5 Å². The van der Waals surface area contributed by atoms with Crippen molar-refractivity contribution in [2.45, 2.75) is 18.9 Å². The van der Waals surface area contributed by atoms with Crippen molar-refractivity contribution in [3.63, 3.8) is 0 Å². The SMILES string of the molecule is O=C(NO)[C@@H](Cc1ccccc1)NS(=O)(=O)N1CC=C(c2ccc(F)cc2)CC1. The van der Waals surface area contributed by atoms with E-state index in [-0.39, 0.29) is 25.3 Å². The minimum absolute atomic E-state index is 0.0942. The van der Waals surface area contributed by atoms with E-state index in [1.165, 1.54) is 21.9 Å². The smallest absolute Gasteiger partial charge is 0.280 e. The normalized spacial score (nSPS) is 16.1. The number of carbonyl (C=O) groups is 1. The molecule has 2 aromatic rings. The van der Waals surface area contributed by atoms with E-state index in [2.05, 4.69) is 4.72 Å². The van der Waals surface area contributed by atoms with Crippen LogP contribution in [0, 0.1) is 5.82 Å². The maximum atomic E-state index is 13.1. The first-order valence-corrected chi connectivity index (χ1v) is 10.5. The van der Waals surface area contributed by atoms with Gasteiger partial charge in [-0.2, -0.15) is 17.4 Å². The summed E-state index contributed by atoms with van der Waals surface area (Å²) >= 11 is 0. The average molecular weight is 419 g/mol. The van der Waals surface area contributed by atoms with Crippen LogP contribution in [0.2, 0.25) is 0 Å². The van der Waals surface area contributed by atoms with Gasteiger partial charge in [0.05, 0.1) is 0 Å². The van der Waals surface area contributed by atoms with Crippen molar-refractivity contribution in [1.82, 2.24) is 14.5 Å². The molecule has 29 heavy (non-hydrogen) atoms. The number of carbonyl (C=O) groups excluding carboxylic acids is 1. The van der Waals surface area contributed by atoms with Crippen molar-refractivity contribution >= 4 is 21.7 Å². The van der Waals surface area contributed by atoms with Crippen molar-refractivity contribution in [1.29, 1.82) is 0 Å². The number of amides is 1. The molecule has 1 aliphatic heterocycles. The Morgan fingerprint density at radius 2 is 1.83 bits per heavy atom. The van der Waals surface area contributed by atoms with Gasteiger partial charge >= 0.3 is 0 Å². The summed E-state index contributed by atoms with van der Waals surface area (Å²) in [4.78, 5) is 12.0. The number of hydrogen-bond donors (Lipinski definition) is 3. The number of nitrogens with one attached hydrogen (secondary N) is 2. The monoisotopic (exact) mass is 419 g/mol. The van der Waals surface area contributed by atoms with Crippen LogP contribution in [0.15, 0.2) is 60.7 Å². The van der Waals surface area contributed by atoms with E-state index < -0.39 is 22.2 Å². The second-order valence-corrected chi connectivity index (χ2v) is 8.39. The largest absolute Gasteiger partial charge is 0.289 e. The predicted molar refractivity (Wildman–Crippen MR) is 106 cm³/mol. The Morgan fingerprint density at radius 1 is 1.14 bits per heavy atom. The Hall–Kier alpha value is -2.59. The number of nitrogens with zero attached hydrogens (tertiary/aromatic N) is 1. The van der Waals surface area contributed by atoms with E-state index in [0.717, 1.165) is 16.7 Å². The molecule has 3 N–H and O–H groups in total. The van der Waals surface area contributed by atoms with Crippen molar-refractivity contribution < 1.29 is 22.8 Å². The zero-order valence-electron chi connectivity index (χ0n) is 15.6. The Balaban J connectivity index is 1.70. The number of benzene rings is 2. The molecule has 2 aromatic carbocycles. The summed E-state index contributed by atoms with van der Waals surface area (Å²) in [7, 11) is -3.96. The van der Waals surface area contributed by atoms with Crippen molar-refractivity contribution in [2.24, 2.45) is 0 Å². The zero-order valence-corrected chi connectivity index (χ0v) is 16.4. The van der Waals surface area contributed by atoms with Crippen LogP contribution in [-0.2, 0) is 21.4 Å². The molecule has 0 fully saturated rings. The predicted octanol–water partition coefficient (Wildman–Crippen LogP) is 1.87. The first-order valence-electron chi connectivity index (χ1n) is 9.09. The molecule has 1 aliphatic rings. The topological polar surface area (TPSA) is 98.7 Å². The molecule has 1 heterocycles. The molecule has 0 radical (unpaired) electrons. The van der Waals surface area contributed by atoms with Gasteiger partial charge in [0, 0.05) is 13.1 Å². The second-order valence-electron chi connectivity index (χ2n) is 6.69. The van der Waals surface area contributed by atoms with Crippen LogP contribution in [0.5, 0.6) is 0 Å². The molecule has 7 nitrogen and oxygen atoms in total. The third kappa shape index (κ3) is 5.48. The minimum Gasteiger partial charge on any atom is -0.289 e. The summed E-state index contributed by atoms with van der Waals surface area (Å²) in [5, 5.41) is 8.99. The Kier molecular flexibility index (Phi) is 6.75. The average Bonchev–Trinajstić information content (AvgIpc) is 2.74. The van der Waals surface area contributed by atoms with Crippen molar-refractivity contribution in [2.75, 3.05) is 13.1 Å². The molecule has 0 saturated heterocycles. The standard InChI is InChI=1S/C20H22FN3O4S/c21-18-8-6-16(7-9-18)17-10-12-24(13-11-17)29(27,28)23-19(20(25)22-26)14-15-4-2-1-3-5-15/h1-10,19,23,26H,11-14H2,(H,22,25)/t19-/m1/s1. The highest BCUT2D eigenvalue weighted by Crippen LogP contribution is 2.23. The highest BCUT2D eigenvalue weighted by Gasteiger charge is 2.30. The molecular weight excluding hydrogens is 397 g/mol. The molecule has 0 spiro atoms. The number of hydroxylamine groups is 1. The number of halogens is 1. The van der Waals surface area contributed by atoms with Gasteiger partial charge < -0.3 is 0 Å². The Labute approximate surface area is 169 Å². The van der Waals surface area contributed by atoms with Gasteiger partial charge in [0.15, 0.2) is 0 Å². The van der Waals surface area contributed by atoms with Crippen LogP contribution in [0.4, 0.5) is 4.39 Å². The first kappa shape index (κ1) is 21.1. The molecule has 0 aromatic heterocycles. The summed E-state index contributed by atoms with van der Waals surface area (Å²) in [5.41, 5.74) is 4.05. The lowest BCUT2D eigenvalue weighted by Gasteiger charge is -2.28. The fourth-order valence-corrected chi connectivity index (χ4v) is 4.47. The molecule has 154 valence electrons. The Bertz CT molecular complexity index is 979. The summed E-state index contributed by atoms with van der Waals surface area (Å²) in [6.45, 7) is 0.345. The third-order valence-electron chi connectivity index (χ3n) is 4.73. The van der Waals surface area contributed by atoms with E-state index >= 15 is 0 Å². The van der Waals surface area contributed by atoms with Gasteiger partial charge in [-0.15, -0.1) is 0 Å². The summed E-state index contributed by atoms with van der Waals surface area (Å²) < 4.78 is 42.2. The van der Waals surface area contributed by atoms with E-state index in [4.69, 9.17) is 5.21 Å². The summed E-state index contributed by atoms with van der Waals surface area (Å²) in [6, 6.07) is 13.8. The molecular formula is C20H22FN3O4S. The lowest BCUT2D eigenvalue weighted by atomic mass is 10.0.